The second-order valence-corrected chi connectivity index (χ2v) is 10.2. The summed E-state index contributed by atoms with van der Waals surface area (Å²) in [6, 6.07) is 6.88. The Morgan fingerprint density at radius 2 is 1.67 bits per heavy atom. The molecule has 0 spiro atoms. The molecule has 8 heteroatoms. The van der Waals surface area contributed by atoms with E-state index in [1.165, 1.54) is 4.31 Å². The van der Waals surface area contributed by atoms with Crippen molar-refractivity contribution in [2.24, 2.45) is 0 Å². The number of benzene rings is 1. The van der Waals surface area contributed by atoms with Gasteiger partial charge in [0.2, 0.25) is 20.0 Å². The van der Waals surface area contributed by atoms with Crippen LogP contribution in [0.25, 0.3) is 0 Å². The Morgan fingerprint density at radius 3 is 2.12 bits per heavy atom. The first kappa shape index (κ1) is 19.4. The molecule has 1 fully saturated rings. The van der Waals surface area contributed by atoms with Crippen molar-refractivity contribution < 1.29 is 16.8 Å². The lowest BCUT2D eigenvalue weighted by atomic mass is 9.99. The van der Waals surface area contributed by atoms with E-state index in [9.17, 15) is 16.8 Å². The van der Waals surface area contributed by atoms with Crippen LogP contribution in [0.3, 0.4) is 0 Å². The Bertz CT molecular complexity index is 750. The van der Waals surface area contributed by atoms with Gasteiger partial charge in [-0.3, -0.25) is 0 Å². The highest BCUT2D eigenvalue weighted by molar-refractivity contribution is 7.89. The highest BCUT2D eigenvalue weighted by Gasteiger charge is 2.30. The minimum Gasteiger partial charge on any atom is -0.213 e. The summed E-state index contributed by atoms with van der Waals surface area (Å²) < 4.78 is 52.0. The molecule has 0 saturated carbocycles. The molecule has 1 unspecified atom stereocenters. The Morgan fingerprint density at radius 1 is 1.12 bits per heavy atom. The number of hydrogen-bond acceptors (Lipinski definition) is 4. The molecule has 24 heavy (non-hydrogen) atoms. The molecule has 1 atom stereocenters. The van der Waals surface area contributed by atoms with Gasteiger partial charge in [-0.2, -0.15) is 4.31 Å². The van der Waals surface area contributed by atoms with Crippen LogP contribution < -0.4 is 4.72 Å². The molecule has 6 nitrogen and oxygen atoms in total. The van der Waals surface area contributed by atoms with Gasteiger partial charge in [-0.15, -0.1) is 0 Å². The molecular formula is C16H26N2O4S2. The van der Waals surface area contributed by atoms with Crippen molar-refractivity contribution in [1.82, 2.24) is 9.03 Å². The van der Waals surface area contributed by atoms with E-state index in [0.717, 1.165) is 18.2 Å². The molecular weight excluding hydrogens is 348 g/mol. The third-order valence-electron chi connectivity index (χ3n) is 4.53. The lowest BCUT2D eigenvalue weighted by molar-refractivity contribution is 0.309. The largest absolute Gasteiger partial charge is 0.243 e. The van der Waals surface area contributed by atoms with Crippen LogP contribution >= 0.6 is 0 Å². The average Bonchev–Trinajstić information content (AvgIpc) is 2.53. The lowest BCUT2D eigenvalue weighted by Gasteiger charge is -2.31. The fourth-order valence-corrected chi connectivity index (χ4v) is 5.18. The van der Waals surface area contributed by atoms with E-state index in [4.69, 9.17) is 0 Å². The Balaban J connectivity index is 2.06. The van der Waals surface area contributed by atoms with Crippen molar-refractivity contribution in [2.45, 2.75) is 50.0 Å². The fourth-order valence-electron chi connectivity index (χ4n) is 2.87. The van der Waals surface area contributed by atoms with Crippen molar-refractivity contribution in [2.75, 3.05) is 19.3 Å². The van der Waals surface area contributed by atoms with Gasteiger partial charge in [-0.05, 0) is 42.9 Å². The van der Waals surface area contributed by atoms with E-state index in [0.29, 0.717) is 36.7 Å². The van der Waals surface area contributed by atoms with Gasteiger partial charge in [0.15, 0.2) is 0 Å². The van der Waals surface area contributed by atoms with Crippen LogP contribution in [0, 0.1) is 0 Å². The molecule has 136 valence electrons. The number of nitrogens with one attached hydrogen (secondary N) is 1. The molecule has 0 radical (unpaired) electrons. The van der Waals surface area contributed by atoms with Crippen LogP contribution in [0.15, 0.2) is 29.2 Å². The van der Waals surface area contributed by atoms with Crippen LogP contribution in [-0.2, 0) is 20.0 Å². The van der Waals surface area contributed by atoms with Crippen LogP contribution in [0.2, 0.25) is 0 Å². The highest BCUT2D eigenvalue weighted by atomic mass is 32.2. The Kier molecular flexibility index (Phi) is 6.06. The fraction of sp³-hybridized carbons (Fsp3) is 0.625. The van der Waals surface area contributed by atoms with Crippen molar-refractivity contribution in [3.05, 3.63) is 29.8 Å². The van der Waals surface area contributed by atoms with E-state index in [1.54, 1.807) is 12.1 Å². The summed E-state index contributed by atoms with van der Waals surface area (Å²) >= 11 is 0. The van der Waals surface area contributed by atoms with Gasteiger partial charge in [0.25, 0.3) is 0 Å². The number of hydrogen-bond donors (Lipinski definition) is 1. The summed E-state index contributed by atoms with van der Waals surface area (Å²) in [4.78, 5) is 0.295. The van der Waals surface area contributed by atoms with Crippen molar-refractivity contribution in [3.8, 4) is 0 Å². The maximum atomic E-state index is 12.7. The normalized spacial score (nSPS) is 19.3. The van der Waals surface area contributed by atoms with E-state index >= 15 is 0 Å². The summed E-state index contributed by atoms with van der Waals surface area (Å²) in [5, 5.41) is 0. The topological polar surface area (TPSA) is 83.6 Å². The number of rotatable bonds is 6. The maximum Gasteiger partial charge on any atom is 0.243 e. The molecule has 1 aliphatic heterocycles. The van der Waals surface area contributed by atoms with Crippen molar-refractivity contribution in [3.63, 3.8) is 0 Å². The van der Waals surface area contributed by atoms with Gasteiger partial charge in [-0.25, -0.2) is 21.6 Å². The lowest BCUT2D eigenvalue weighted by Crippen LogP contribution is -2.46. The highest BCUT2D eigenvalue weighted by Crippen LogP contribution is 2.24. The van der Waals surface area contributed by atoms with E-state index < -0.39 is 20.0 Å². The maximum absolute atomic E-state index is 12.7. The molecule has 1 N–H and O–H groups in total. The molecule has 1 aromatic rings. The monoisotopic (exact) mass is 374 g/mol. The third-order valence-corrected chi connectivity index (χ3v) is 7.21. The smallest absolute Gasteiger partial charge is 0.213 e. The average molecular weight is 375 g/mol. The number of sulfonamides is 2. The molecule has 1 saturated heterocycles. The van der Waals surface area contributed by atoms with Crippen LogP contribution in [0.4, 0.5) is 0 Å². The minimum atomic E-state index is -3.52. The van der Waals surface area contributed by atoms with E-state index in [-0.39, 0.29) is 6.04 Å². The minimum absolute atomic E-state index is 0.195. The van der Waals surface area contributed by atoms with E-state index in [1.807, 2.05) is 12.1 Å². The Hall–Kier alpha value is -0.960. The summed E-state index contributed by atoms with van der Waals surface area (Å²) in [6.45, 7) is 4.86. The van der Waals surface area contributed by atoms with Crippen LogP contribution in [-0.4, -0.2) is 46.5 Å². The van der Waals surface area contributed by atoms with Crippen molar-refractivity contribution >= 4 is 20.0 Å². The first-order valence-electron chi connectivity index (χ1n) is 8.21. The predicted octanol–water partition coefficient (Wildman–Crippen LogP) is 1.90. The van der Waals surface area contributed by atoms with Gasteiger partial charge in [-0.1, -0.05) is 26.0 Å². The summed E-state index contributed by atoms with van der Waals surface area (Å²) in [5.74, 6) is 0.402. The number of piperidine rings is 1. The SMILES string of the molecule is CCC(C)c1ccc(S(=O)(=O)N2CCC(NS(C)(=O)=O)CC2)cc1. The zero-order chi connectivity index (χ0) is 18.0. The molecule has 0 amide bonds. The predicted molar refractivity (Wildman–Crippen MR) is 94.9 cm³/mol. The first-order valence-corrected chi connectivity index (χ1v) is 11.5. The number of nitrogens with zero attached hydrogens (tertiary/aromatic N) is 1. The molecule has 1 aliphatic rings. The summed E-state index contributed by atoms with van der Waals surface area (Å²) in [5.41, 5.74) is 1.13. The standard InChI is InChI=1S/C16H26N2O4S2/c1-4-13(2)14-5-7-16(8-6-14)24(21,22)18-11-9-15(10-12-18)17-23(3,19)20/h5-8,13,15,17H,4,9-12H2,1-3H3. The summed E-state index contributed by atoms with van der Waals surface area (Å²) in [7, 11) is -6.78. The zero-order valence-electron chi connectivity index (χ0n) is 14.4. The third kappa shape index (κ3) is 4.78. The Labute approximate surface area is 145 Å². The van der Waals surface area contributed by atoms with Gasteiger partial charge in [0.05, 0.1) is 11.2 Å². The van der Waals surface area contributed by atoms with Gasteiger partial charge in [0, 0.05) is 19.1 Å². The first-order chi connectivity index (χ1) is 11.1. The quantitative estimate of drug-likeness (QED) is 0.824. The van der Waals surface area contributed by atoms with Gasteiger partial charge >= 0.3 is 0 Å². The van der Waals surface area contributed by atoms with Gasteiger partial charge < -0.3 is 0 Å². The molecule has 1 heterocycles. The molecule has 1 aromatic carbocycles. The summed E-state index contributed by atoms with van der Waals surface area (Å²) in [6.07, 6.45) is 3.09. The second kappa shape index (κ2) is 7.51. The molecule has 2 rings (SSSR count). The molecule has 0 aliphatic carbocycles. The van der Waals surface area contributed by atoms with Crippen molar-refractivity contribution in [1.29, 1.82) is 0 Å². The van der Waals surface area contributed by atoms with Gasteiger partial charge in [0.1, 0.15) is 0 Å². The second-order valence-electron chi connectivity index (χ2n) is 6.45. The zero-order valence-corrected chi connectivity index (χ0v) is 16.0. The molecule has 0 aromatic heterocycles. The van der Waals surface area contributed by atoms with Crippen LogP contribution in [0.5, 0.6) is 0 Å². The van der Waals surface area contributed by atoms with E-state index in [2.05, 4.69) is 18.6 Å². The molecule has 0 bridgehead atoms. The van der Waals surface area contributed by atoms with Crippen LogP contribution in [0.1, 0.15) is 44.6 Å².